The highest BCUT2D eigenvalue weighted by molar-refractivity contribution is 6.11. The van der Waals surface area contributed by atoms with E-state index in [1.807, 2.05) is 6.07 Å². The lowest BCUT2D eigenvalue weighted by Gasteiger charge is -2.34. The van der Waals surface area contributed by atoms with E-state index in [1.165, 1.54) is 44.1 Å². The zero-order valence-corrected chi connectivity index (χ0v) is 37.5. The number of anilines is 5. The number of furan rings is 1. The highest BCUT2D eigenvalue weighted by atomic mass is 16.3. The van der Waals surface area contributed by atoms with Gasteiger partial charge in [-0.1, -0.05) is 147 Å². The average Bonchev–Trinajstić information content (AvgIpc) is 3.99. The van der Waals surface area contributed by atoms with Gasteiger partial charge in [0.15, 0.2) is 0 Å². The van der Waals surface area contributed by atoms with Crippen molar-refractivity contribution in [2.75, 3.05) is 9.80 Å². The van der Waals surface area contributed by atoms with E-state index >= 15 is 0 Å². The molecule has 2 aliphatic carbocycles. The van der Waals surface area contributed by atoms with E-state index in [2.05, 4.69) is 253 Å². The number of hydrogen-bond donors (Lipinski definition) is 0. The van der Waals surface area contributed by atoms with Gasteiger partial charge in [-0.05, 0) is 131 Å². The molecule has 67 heavy (non-hydrogen) atoms. The lowest BCUT2D eigenvalue weighted by atomic mass is 9.82. The van der Waals surface area contributed by atoms with Crippen molar-refractivity contribution in [3.05, 3.63) is 242 Å². The van der Waals surface area contributed by atoms with E-state index in [4.69, 9.17) is 4.42 Å². The zero-order valence-electron chi connectivity index (χ0n) is 37.5. The van der Waals surface area contributed by atoms with Crippen LogP contribution in [0, 0.1) is 0 Å². The summed E-state index contributed by atoms with van der Waals surface area (Å²) in [5.41, 5.74) is 18.2. The van der Waals surface area contributed by atoms with Crippen molar-refractivity contribution in [2.45, 2.75) is 31.7 Å². The van der Waals surface area contributed by atoms with Gasteiger partial charge in [-0.2, -0.15) is 0 Å². The van der Waals surface area contributed by atoms with Crippen LogP contribution < -0.4 is 9.80 Å². The monoisotopic (exact) mass is 861 g/mol. The molecule has 2 aliphatic rings. The van der Waals surface area contributed by atoms with Crippen LogP contribution in [-0.2, 0) is 5.41 Å². The molecule has 2 aromatic heterocycles. The van der Waals surface area contributed by atoms with Crippen molar-refractivity contribution >= 4 is 72.2 Å². The third-order valence-electron chi connectivity index (χ3n) is 14.2. The molecule has 320 valence electrons. The maximum absolute atomic E-state index is 6.55. The molecule has 2 heterocycles. The molecule has 1 atom stereocenters. The van der Waals surface area contributed by atoms with Crippen molar-refractivity contribution in [3.8, 4) is 27.9 Å². The standard InChI is InChI=1S/C63H47N3O/c1-63(2)57-27-15-12-24-51(57)52-33-31-47(40-58(52)63)64(44-18-6-3-7-19-44)49-36-43(42-30-35-60-56(38-42)53-25-13-16-28-59(53)66(60)46-22-10-5-11-23-46)37-50(39-49)65(45-20-8-4-9-21-45)48-32-34-55-54-26-14-17-29-61(54)67-62(55)41-48/h3-20,22-41,45H,21H2,1-2H3. The Balaban J connectivity index is 1.06. The van der Waals surface area contributed by atoms with Gasteiger partial charge in [0.2, 0.25) is 0 Å². The van der Waals surface area contributed by atoms with E-state index in [1.54, 1.807) is 0 Å². The summed E-state index contributed by atoms with van der Waals surface area (Å²) in [6.07, 6.45) is 9.81. The molecule has 13 rings (SSSR count). The van der Waals surface area contributed by atoms with Crippen molar-refractivity contribution in [3.63, 3.8) is 0 Å². The number of benzene rings is 9. The molecule has 0 spiro atoms. The van der Waals surface area contributed by atoms with Crippen LogP contribution in [0.1, 0.15) is 31.4 Å². The van der Waals surface area contributed by atoms with Gasteiger partial charge in [0.25, 0.3) is 0 Å². The highest BCUT2D eigenvalue weighted by Crippen LogP contribution is 2.51. The summed E-state index contributed by atoms with van der Waals surface area (Å²) in [5.74, 6) is 0. The van der Waals surface area contributed by atoms with Gasteiger partial charge in [0.1, 0.15) is 11.2 Å². The SMILES string of the molecule is CC1(C)c2ccccc2-c2ccc(N(c3ccccc3)c3cc(-c4ccc5c(c4)c4ccccc4n5-c4ccccc4)cc(N(c4ccc5c(c4)oc4ccccc45)C4C=CC=CC4)c3)cc21. The first-order chi connectivity index (χ1) is 33.0. The first-order valence-corrected chi connectivity index (χ1v) is 23.4. The molecule has 0 N–H and O–H groups in total. The maximum Gasteiger partial charge on any atom is 0.137 e. The Kier molecular flexibility index (Phi) is 8.97. The lowest BCUT2D eigenvalue weighted by Crippen LogP contribution is -2.30. The number of hydrogen-bond acceptors (Lipinski definition) is 3. The molecule has 0 radical (unpaired) electrons. The number of allylic oxidation sites excluding steroid dienone is 2. The van der Waals surface area contributed by atoms with Gasteiger partial charge in [-0.25, -0.2) is 0 Å². The molecule has 0 saturated heterocycles. The Hall–Kier alpha value is -8.34. The summed E-state index contributed by atoms with van der Waals surface area (Å²) in [4.78, 5) is 4.95. The molecule has 11 aromatic rings. The molecule has 4 heteroatoms. The van der Waals surface area contributed by atoms with Crippen molar-refractivity contribution in [2.24, 2.45) is 0 Å². The highest BCUT2D eigenvalue weighted by Gasteiger charge is 2.36. The topological polar surface area (TPSA) is 24.6 Å². The molecule has 0 aliphatic heterocycles. The normalized spacial score (nSPS) is 14.8. The van der Waals surface area contributed by atoms with Gasteiger partial charge < -0.3 is 18.8 Å². The minimum absolute atomic E-state index is 0.0609. The molecule has 0 amide bonds. The molecule has 1 unspecified atom stereocenters. The van der Waals surface area contributed by atoms with E-state index < -0.39 is 0 Å². The molecular formula is C63H47N3O. The Labute approximate surface area is 390 Å². The van der Waals surface area contributed by atoms with Crippen LogP contribution in [0.2, 0.25) is 0 Å². The van der Waals surface area contributed by atoms with Gasteiger partial charge in [0.05, 0.1) is 17.1 Å². The fraction of sp³-hybridized carbons (Fsp3) is 0.0794. The van der Waals surface area contributed by atoms with E-state index in [0.717, 1.165) is 73.6 Å². The molecule has 0 saturated carbocycles. The second-order valence-electron chi connectivity index (χ2n) is 18.5. The fourth-order valence-electron chi connectivity index (χ4n) is 11.0. The van der Waals surface area contributed by atoms with Crippen molar-refractivity contribution in [1.82, 2.24) is 4.57 Å². The smallest absolute Gasteiger partial charge is 0.137 e. The Morgan fingerprint density at radius 2 is 1.16 bits per heavy atom. The predicted molar refractivity (Wildman–Crippen MR) is 281 cm³/mol. The summed E-state index contributed by atoms with van der Waals surface area (Å²) in [6, 6.07) is 75.6. The van der Waals surface area contributed by atoms with Gasteiger partial charge in [0, 0.05) is 67.2 Å². The molecule has 9 aromatic carbocycles. The Morgan fingerprint density at radius 1 is 0.463 bits per heavy atom. The minimum Gasteiger partial charge on any atom is -0.456 e. The largest absolute Gasteiger partial charge is 0.456 e. The van der Waals surface area contributed by atoms with E-state index in [9.17, 15) is 0 Å². The number of para-hydroxylation sites is 4. The first-order valence-electron chi connectivity index (χ1n) is 23.4. The van der Waals surface area contributed by atoms with Crippen LogP contribution in [0.25, 0.3) is 71.7 Å². The summed E-state index contributed by atoms with van der Waals surface area (Å²) in [6.45, 7) is 4.72. The van der Waals surface area contributed by atoms with Crippen LogP contribution in [0.3, 0.4) is 0 Å². The fourth-order valence-corrected chi connectivity index (χ4v) is 11.0. The van der Waals surface area contributed by atoms with Crippen LogP contribution >= 0.6 is 0 Å². The summed E-state index contributed by atoms with van der Waals surface area (Å²) in [7, 11) is 0. The van der Waals surface area contributed by atoms with Crippen LogP contribution in [0.4, 0.5) is 28.4 Å². The molecule has 4 nitrogen and oxygen atoms in total. The molecule has 0 fully saturated rings. The van der Waals surface area contributed by atoms with E-state index in [0.29, 0.717) is 0 Å². The van der Waals surface area contributed by atoms with Gasteiger partial charge in [-0.15, -0.1) is 0 Å². The zero-order chi connectivity index (χ0) is 44.6. The Morgan fingerprint density at radius 3 is 2.01 bits per heavy atom. The van der Waals surface area contributed by atoms with Crippen molar-refractivity contribution in [1.29, 1.82) is 0 Å². The lowest BCUT2D eigenvalue weighted by molar-refractivity contribution is 0.660. The number of fused-ring (bicyclic) bond motifs is 9. The quantitative estimate of drug-likeness (QED) is 0.152. The van der Waals surface area contributed by atoms with E-state index in [-0.39, 0.29) is 11.5 Å². The predicted octanol–water partition coefficient (Wildman–Crippen LogP) is 17.1. The van der Waals surface area contributed by atoms with Gasteiger partial charge >= 0.3 is 0 Å². The van der Waals surface area contributed by atoms with Gasteiger partial charge in [-0.3, -0.25) is 0 Å². The first kappa shape index (κ1) is 39.1. The summed E-state index contributed by atoms with van der Waals surface area (Å²) < 4.78 is 8.94. The molecule has 0 bridgehead atoms. The minimum atomic E-state index is -0.154. The summed E-state index contributed by atoms with van der Waals surface area (Å²) >= 11 is 0. The third-order valence-corrected chi connectivity index (χ3v) is 14.2. The second kappa shape index (κ2) is 15.4. The average molecular weight is 862 g/mol. The summed E-state index contributed by atoms with van der Waals surface area (Å²) in [5, 5.41) is 4.69. The van der Waals surface area contributed by atoms with Crippen LogP contribution in [0.15, 0.2) is 235 Å². The van der Waals surface area contributed by atoms with Crippen LogP contribution in [0.5, 0.6) is 0 Å². The molecular weight excluding hydrogens is 815 g/mol. The number of rotatable bonds is 8. The number of nitrogens with zero attached hydrogens (tertiary/aromatic N) is 3. The second-order valence-corrected chi connectivity index (χ2v) is 18.5. The third kappa shape index (κ3) is 6.35. The van der Waals surface area contributed by atoms with Crippen LogP contribution in [-0.4, -0.2) is 10.6 Å². The van der Waals surface area contributed by atoms with Crippen molar-refractivity contribution < 1.29 is 4.42 Å². The number of aromatic nitrogens is 1. The maximum atomic E-state index is 6.55. The Bertz CT molecular complexity index is 3780.